The number of furan rings is 2. The molecule has 0 atom stereocenters. The van der Waals surface area contributed by atoms with Crippen LogP contribution in [0.2, 0.25) is 5.02 Å². The third-order valence-corrected chi connectivity index (χ3v) is 6.54. The van der Waals surface area contributed by atoms with Crippen molar-refractivity contribution in [2.75, 3.05) is 0 Å². The van der Waals surface area contributed by atoms with Gasteiger partial charge in [0.2, 0.25) is 0 Å². The summed E-state index contributed by atoms with van der Waals surface area (Å²) in [6, 6.07) is 17.7. The first-order chi connectivity index (χ1) is 15.2. The van der Waals surface area contributed by atoms with Crippen LogP contribution < -0.4 is 0 Å². The summed E-state index contributed by atoms with van der Waals surface area (Å²) in [6.45, 7) is 0. The summed E-state index contributed by atoms with van der Waals surface area (Å²) in [6.07, 6.45) is 6.98. The topological polar surface area (TPSA) is 63.0 Å². The molecule has 152 valence electrons. The summed E-state index contributed by atoms with van der Waals surface area (Å²) in [5.74, 6) is 2.18. The van der Waals surface area contributed by atoms with Gasteiger partial charge in [-0.25, -0.2) is 4.98 Å². The van der Waals surface area contributed by atoms with Gasteiger partial charge in [0, 0.05) is 16.3 Å². The third kappa shape index (κ3) is 3.93. The molecular formula is C25H17ClN2O2S. The smallest absolute Gasteiger partial charge is 0.135 e. The first-order valence-electron chi connectivity index (χ1n) is 9.85. The molecular weight excluding hydrogens is 428 g/mol. The Morgan fingerprint density at radius 2 is 1.87 bits per heavy atom. The number of thioether (sulfide) groups is 1. The van der Waals surface area contributed by atoms with Crippen LogP contribution >= 0.6 is 23.4 Å². The SMILES string of the molecule is N#Cc1c(SCc2ccc(Cl)cc2)nc2c(c1-c1ccco1)CC/C2=C/c1ccco1. The van der Waals surface area contributed by atoms with Crippen molar-refractivity contribution in [1.29, 1.82) is 5.26 Å². The van der Waals surface area contributed by atoms with Crippen molar-refractivity contribution in [2.24, 2.45) is 0 Å². The van der Waals surface area contributed by atoms with Gasteiger partial charge in [0.1, 0.15) is 22.6 Å². The molecule has 4 aromatic rings. The van der Waals surface area contributed by atoms with Crippen LogP contribution in [0.15, 0.2) is 74.9 Å². The molecule has 0 unspecified atom stereocenters. The van der Waals surface area contributed by atoms with Crippen LogP contribution in [0.1, 0.15) is 34.6 Å². The van der Waals surface area contributed by atoms with E-state index in [9.17, 15) is 5.26 Å². The van der Waals surface area contributed by atoms with Gasteiger partial charge in [-0.2, -0.15) is 5.26 Å². The second-order valence-electron chi connectivity index (χ2n) is 7.18. The number of nitriles is 1. The largest absolute Gasteiger partial charge is 0.465 e. The second-order valence-corrected chi connectivity index (χ2v) is 8.58. The number of pyridine rings is 1. The van der Waals surface area contributed by atoms with E-state index in [0.29, 0.717) is 27.1 Å². The molecule has 0 amide bonds. The molecule has 0 bridgehead atoms. The van der Waals surface area contributed by atoms with Crippen molar-refractivity contribution in [1.82, 2.24) is 4.98 Å². The van der Waals surface area contributed by atoms with Crippen molar-refractivity contribution in [3.63, 3.8) is 0 Å². The quantitative estimate of drug-likeness (QED) is 0.303. The van der Waals surface area contributed by atoms with Gasteiger partial charge in [0.15, 0.2) is 0 Å². The lowest BCUT2D eigenvalue weighted by atomic mass is 10.00. The van der Waals surface area contributed by atoms with E-state index in [4.69, 9.17) is 25.4 Å². The van der Waals surface area contributed by atoms with E-state index in [1.807, 2.05) is 54.6 Å². The maximum absolute atomic E-state index is 10.0. The first-order valence-corrected chi connectivity index (χ1v) is 11.2. The number of nitrogens with zero attached hydrogens (tertiary/aromatic N) is 2. The zero-order chi connectivity index (χ0) is 21.2. The Bertz CT molecular complexity index is 1290. The number of aromatic nitrogens is 1. The van der Waals surface area contributed by atoms with Crippen LogP contribution in [0, 0.1) is 11.3 Å². The summed E-state index contributed by atoms with van der Waals surface area (Å²) in [5.41, 5.74) is 5.61. The summed E-state index contributed by atoms with van der Waals surface area (Å²) in [5, 5.41) is 11.5. The zero-order valence-corrected chi connectivity index (χ0v) is 18.0. The van der Waals surface area contributed by atoms with Crippen molar-refractivity contribution < 1.29 is 8.83 Å². The highest BCUT2D eigenvalue weighted by Gasteiger charge is 2.28. The summed E-state index contributed by atoms with van der Waals surface area (Å²) in [4.78, 5) is 4.95. The molecule has 0 saturated heterocycles. The Kier molecular flexibility index (Phi) is 5.42. The number of benzene rings is 1. The highest BCUT2D eigenvalue weighted by Crippen LogP contribution is 2.43. The Labute approximate surface area is 189 Å². The van der Waals surface area contributed by atoms with Crippen LogP contribution in [0.4, 0.5) is 0 Å². The zero-order valence-electron chi connectivity index (χ0n) is 16.5. The lowest BCUT2D eigenvalue weighted by Crippen LogP contribution is -2.00. The summed E-state index contributed by atoms with van der Waals surface area (Å²) in [7, 11) is 0. The molecule has 31 heavy (non-hydrogen) atoms. The van der Waals surface area contributed by atoms with Crippen molar-refractivity contribution >= 4 is 35.0 Å². The highest BCUT2D eigenvalue weighted by molar-refractivity contribution is 7.98. The average molecular weight is 445 g/mol. The molecule has 0 fully saturated rings. The van der Waals surface area contributed by atoms with E-state index in [0.717, 1.165) is 46.6 Å². The maximum Gasteiger partial charge on any atom is 0.135 e. The lowest BCUT2D eigenvalue weighted by Gasteiger charge is -2.13. The fourth-order valence-electron chi connectivity index (χ4n) is 3.81. The van der Waals surface area contributed by atoms with Gasteiger partial charge >= 0.3 is 0 Å². The van der Waals surface area contributed by atoms with Crippen LogP contribution in [-0.2, 0) is 12.2 Å². The van der Waals surface area contributed by atoms with E-state index in [1.54, 1.807) is 24.3 Å². The van der Waals surface area contributed by atoms with Gasteiger partial charge in [-0.3, -0.25) is 0 Å². The summed E-state index contributed by atoms with van der Waals surface area (Å²) < 4.78 is 11.2. The number of hydrogen-bond donors (Lipinski definition) is 0. The standard InChI is InChI=1S/C25H17ClN2O2S/c26-18-8-5-16(6-9-18)15-31-25-21(14-27)23(22-4-2-12-30-22)20-10-7-17(24(20)28-25)13-19-3-1-11-29-19/h1-6,8-9,11-13H,7,10,15H2/b17-13-. The lowest BCUT2D eigenvalue weighted by molar-refractivity contribution is 0.557. The molecule has 1 aliphatic carbocycles. The van der Waals surface area contributed by atoms with Gasteiger partial charge in [0.25, 0.3) is 0 Å². The molecule has 6 heteroatoms. The molecule has 3 heterocycles. The van der Waals surface area contributed by atoms with Crippen molar-refractivity contribution in [3.8, 4) is 17.4 Å². The van der Waals surface area contributed by atoms with E-state index in [-0.39, 0.29) is 0 Å². The molecule has 0 saturated carbocycles. The normalized spacial score (nSPS) is 14.0. The fraction of sp³-hybridized carbons (Fsp3) is 0.120. The molecule has 0 radical (unpaired) electrons. The minimum Gasteiger partial charge on any atom is -0.465 e. The molecule has 0 N–H and O–H groups in total. The fourth-order valence-corrected chi connectivity index (χ4v) is 4.88. The number of fused-ring (bicyclic) bond motifs is 1. The molecule has 1 aliphatic rings. The highest BCUT2D eigenvalue weighted by atomic mass is 35.5. The first kappa shape index (κ1) is 19.7. The predicted molar refractivity (Wildman–Crippen MR) is 123 cm³/mol. The van der Waals surface area contributed by atoms with Crippen LogP contribution in [0.5, 0.6) is 0 Å². The minimum absolute atomic E-state index is 0.562. The Balaban J connectivity index is 1.61. The predicted octanol–water partition coefficient (Wildman–Crippen LogP) is 7.24. The Hall–Kier alpha value is -3.20. The van der Waals surface area contributed by atoms with E-state index < -0.39 is 0 Å². The molecule has 0 aliphatic heterocycles. The van der Waals surface area contributed by atoms with Gasteiger partial charge < -0.3 is 8.83 Å². The average Bonchev–Trinajstić information content (AvgIpc) is 3.56. The number of hydrogen-bond acceptors (Lipinski definition) is 5. The monoisotopic (exact) mass is 444 g/mol. The van der Waals surface area contributed by atoms with Gasteiger partial charge in [-0.1, -0.05) is 23.7 Å². The Morgan fingerprint density at radius 3 is 2.58 bits per heavy atom. The van der Waals surface area contributed by atoms with E-state index in [1.165, 1.54) is 0 Å². The second kappa shape index (κ2) is 8.50. The number of allylic oxidation sites excluding steroid dienone is 1. The van der Waals surface area contributed by atoms with E-state index in [2.05, 4.69) is 6.07 Å². The Morgan fingerprint density at radius 1 is 1.06 bits per heavy atom. The van der Waals surface area contributed by atoms with Gasteiger partial charge in [-0.15, -0.1) is 11.8 Å². The molecule has 3 aromatic heterocycles. The van der Waals surface area contributed by atoms with Crippen LogP contribution in [0.3, 0.4) is 0 Å². The van der Waals surface area contributed by atoms with Gasteiger partial charge in [-0.05, 0) is 72.0 Å². The van der Waals surface area contributed by atoms with Crippen molar-refractivity contribution in [2.45, 2.75) is 23.6 Å². The van der Waals surface area contributed by atoms with Crippen LogP contribution in [0.25, 0.3) is 23.0 Å². The van der Waals surface area contributed by atoms with E-state index >= 15 is 0 Å². The molecule has 4 nitrogen and oxygen atoms in total. The van der Waals surface area contributed by atoms with Crippen LogP contribution in [-0.4, -0.2) is 4.98 Å². The molecule has 0 spiro atoms. The maximum atomic E-state index is 10.0. The van der Waals surface area contributed by atoms with Gasteiger partial charge in [0.05, 0.1) is 23.8 Å². The summed E-state index contributed by atoms with van der Waals surface area (Å²) >= 11 is 7.56. The third-order valence-electron chi connectivity index (χ3n) is 5.24. The minimum atomic E-state index is 0.562. The molecule has 5 rings (SSSR count). The van der Waals surface area contributed by atoms with Crippen molar-refractivity contribution in [3.05, 3.63) is 94.2 Å². The molecule has 1 aromatic carbocycles. The number of rotatable bonds is 5. The number of halogens is 1.